The summed E-state index contributed by atoms with van der Waals surface area (Å²) in [7, 11) is 0. The maximum Gasteiger partial charge on any atom is 0.237 e. The second-order valence-electron chi connectivity index (χ2n) is 5.72. The van der Waals surface area contributed by atoms with Gasteiger partial charge in [-0.25, -0.2) is 0 Å². The molecule has 0 heterocycles. The maximum atomic E-state index is 12.0. The molecule has 1 spiro atoms. The van der Waals surface area contributed by atoms with Gasteiger partial charge in [0.05, 0.1) is 12.1 Å². The van der Waals surface area contributed by atoms with Gasteiger partial charge in [0, 0.05) is 18.1 Å². The molecule has 18 heavy (non-hydrogen) atoms. The van der Waals surface area contributed by atoms with E-state index in [1.807, 2.05) is 6.92 Å². The third kappa shape index (κ3) is 2.28. The van der Waals surface area contributed by atoms with Crippen molar-refractivity contribution < 1.29 is 9.53 Å². The summed E-state index contributed by atoms with van der Waals surface area (Å²) in [4.78, 5) is 12.0. The van der Waals surface area contributed by atoms with Crippen LogP contribution in [0, 0.1) is 5.41 Å². The molecule has 0 aromatic rings. The van der Waals surface area contributed by atoms with Crippen molar-refractivity contribution in [2.24, 2.45) is 11.1 Å². The number of carbonyl (C=O) groups excluding carboxylic acids is 1. The zero-order valence-electron chi connectivity index (χ0n) is 11.6. The lowest BCUT2D eigenvalue weighted by atomic mass is 9.51. The second kappa shape index (κ2) is 5.57. The highest BCUT2D eigenvalue weighted by Gasteiger charge is 2.59. The van der Waals surface area contributed by atoms with Gasteiger partial charge >= 0.3 is 0 Å². The molecule has 0 radical (unpaired) electrons. The summed E-state index contributed by atoms with van der Waals surface area (Å²) in [6.45, 7) is 4.85. The van der Waals surface area contributed by atoms with Gasteiger partial charge in [-0.1, -0.05) is 19.8 Å². The minimum Gasteiger partial charge on any atom is -0.378 e. The Bertz CT molecular complexity index is 302. The van der Waals surface area contributed by atoms with E-state index in [1.165, 1.54) is 19.3 Å². The molecule has 2 aliphatic carbocycles. The zero-order chi connectivity index (χ0) is 13.2. The number of nitrogens with two attached hydrogens (primary N) is 1. The molecule has 2 rings (SSSR count). The van der Waals surface area contributed by atoms with E-state index in [0.29, 0.717) is 12.1 Å². The van der Waals surface area contributed by atoms with E-state index < -0.39 is 0 Å². The van der Waals surface area contributed by atoms with Crippen LogP contribution in [0.4, 0.5) is 0 Å². The maximum absolute atomic E-state index is 12.0. The highest BCUT2D eigenvalue weighted by molar-refractivity contribution is 5.82. The monoisotopic (exact) mass is 254 g/mol. The number of nitrogens with one attached hydrogen (secondary N) is 1. The van der Waals surface area contributed by atoms with Gasteiger partial charge in [-0.2, -0.15) is 0 Å². The molecule has 0 bridgehead atoms. The molecular weight excluding hydrogens is 228 g/mol. The van der Waals surface area contributed by atoms with Gasteiger partial charge < -0.3 is 15.8 Å². The molecule has 2 aliphatic rings. The minimum atomic E-state index is -0.349. The van der Waals surface area contributed by atoms with Gasteiger partial charge in [-0.05, 0) is 32.6 Å². The van der Waals surface area contributed by atoms with Crippen molar-refractivity contribution in [3.63, 3.8) is 0 Å². The molecular formula is C14H26N2O2. The van der Waals surface area contributed by atoms with E-state index in [9.17, 15) is 4.79 Å². The van der Waals surface area contributed by atoms with Gasteiger partial charge in [0.2, 0.25) is 5.91 Å². The molecule has 3 unspecified atom stereocenters. The molecule has 104 valence electrons. The van der Waals surface area contributed by atoms with Crippen LogP contribution in [0.15, 0.2) is 0 Å². The van der Waals surface area contributed by atoms with Gasteiger partial charge in [-0.3, -0.25) is 4.79 Å². The summed E-state index contributed by atoms with van der Waals surface area (Å²) in [5, 5.41) is 3.14. The Balaban J connectivity index is 1.86. The van der Waals surface area contributed by atoms with E-state index in [1.54, 1.807) is 0 Å². The van der Waals surface area contributed by atoms with Crippen LogP contribution in [0.5, 0.6) is 0 Å². The molecule has 1 amide bonds. The lowest BCUT2D eigenvalue weighted by Crippen LogP contribution is -2.68. The molecule has 0 aromatic heterocycles. The van der Waals surface area contributed by atoms with E-state index in [4.69, 9.17) is 10.5 Å². The fourth-order valence-electron chi connectivity index (χ4n) is 3.36. The first-order chi connectivity index (χ1) is 8.64. The molecule has 4 nitrogen and oxygen atoms in total. The first-order valence-electron chi connectivity index (χ1n) is 7.31. The third-order valence-corrected chi connectivity index (χ3v) is 4.69. The smallest absolute Gasteiger partial charge is 0.237 e. The van der Waals surface area contributed by atoms with Crippen molar-refractivity contribution in [1.29, 1.82) is 0 Å². The quantitative estimate of drug-likeness (QED) is 0.756. The predicted molar refractivity (Wildman–Crippen MR) is 71.1 cm³/mol. The number of carbonyl (C=O) groups is 1. The van der Waals surface area contributed by atoms with E-state index in [0.717, 1.165) is 25.9 Å². The number of amides is 1. The third-order valence-electron chi connectivity index (χ3n) is 4.69. The van der Waals surface area contributed by atoms with E-state index in [2.05, 4.69) is 12.2 Å². The Morgan fingerprint density at radius 1 is 1.50 bits per heavy atom. The van der Waals surface area contributed by atoms with Gasteiger partial charge in [-0.15, -0.1) is 0 Å². The number of hydrogen-bond acceptors (Lipinski definition) is 3. The minimum absolute atomic E-state index is 0.0167. The van der Waals surface area contributed by atoms with Gasteiger partial charge in [0.25, 0.3) is 0 Å². The molecule has 3 atom stereocenters. The molecule has 4 heteroatoms. The average Bonchev–Trinajstić information content (AvgIpc) is 2.25. The summed E-state index contributed by atoms with van der Waals surface area (Å²) in [6, 6.07) is -0.0588. The summed E-state index contributed by atoms with van der Waals surface area (Å²) < 4.78 is 5.77. The zero-order valence-corrected chi connectivity index (χ0v) is 11.6. The van der Waals surface area contributed by atoms with Crippen molar-refractivity contribution in [2.75, 3.05) is 6.61 Å². The Morgan fingerprint density at radius 3 is 2.72 bits per heavy atom. The van der Waals surface area contributed by atoms with Crippen LogP contribution in [-0.2, 0) is 9.53 Å². The predicted octanol–water partition coefficient (Wildman–Crippen LogP) is 1.58. The first-order valence-corrected chi connectivity index (χ1v) is 7.31. The fourth-order valence-corrected chi connectivity index (χ4v) is 3.36. The summed E-state index contributed by atoms with van der Waals surface area (Å²) in [5.74, 6) is 0.0167. The van der Waals surface area contributed by atoms with Crippen molar-refractivity contribution >= 4 is 5.91 Å². The van der Waals surface area contributed by atoms with Crippen LogP contribution in [0.3, 0.4) is 0 Å². The lowest BCUT2D eigenvalue weighted by molar-refractivity contribution is -0.176. The molecule has 3 N–H and O–H groups in total. The number of rotatable bonds is 6. The molecule has 2 saturated carbocycles. The molecule has 0 saturated heterocycles. The highest BCUT2D eigenvalue weighted by atomic mass is 16.5. The SMILES string of the molecule is CCCC(N)C(=O)NC1CC(OCC)C12CCC2. The van der Waals surface area contributed by atoms with Crippen molar-refractivity contribution in [3.8, 4) is 0 Å². The van der Waals surface area contributed by atoms with Crippen molar-refractivity contribution in [2.45, 2.75) is 70.6 Å². The van der Waals surface area contributed by atoms with Gasteiger partial charge in [0.15, 0.2) is 0 Å². The molecule has 2 fully saturated rings. The Morgan fingerprint density at radius 2 is 2.22 bits per heavy atom. The second-order valence-corrected chi connectivity index (χ2v) is 5.72. The van der Waals surface area contributed by atoms with Crippen LogP contribution in [0.1, 0.15) is 52.4 Å². The normalized spacial score (nSPS) is 30.4. The summed E-state index contributed by atoms with van der Waals surface area (Å²) in [6.07, 6.45) is 6.66. The summed E-state index contributed by atoms with van der Waals surface area (Å²) in [5.41, 5.74) is 6.09. The Kier molecular flexibility index (Phi) is 4.28. The molecule has 0 aliphatic heterocycles. The largest absolute Gasteiger partial charge is 0.378 e. The van der Waals surface area contributed by atoms with Crippen molar-refractivity contribution in [3.05, 3.63) is 0 Å². The van der Waals surface area contributed by atoms with E-state index in [-0.39, 0.29) is 17.4 Å². The molecule has 0 aromatic carbocycles. The standard InChI is InChI=1S/C14H26N2O2/c1-3-6-10(15)13(17)16-11-9-12(18-4-2)14(11)7-5-8-14/h10-12H,3-9,15H2,1-2H3,(H,16,17). The van der Waals surface area contributed by atoms with E-state index >= 15 is 0 Å². The van der Waals surface area contributed by atoms with Crippen molar-refractivity contribution in [1.82, 2.24) is 5.32 Å². The highest BCUT2D eigenvalue weighted by Crippen LogP contribution is 2.57. The number of hydrogen-bond donors (Lipinski definition) is 2. The van der Waals surface area contributed by atoms with Crippen LogP contribution < -0.4 is 11.1 Å². The Hall–Kier alpha value is -0.610. The van der Waals surface area contributed by atoms with Crippen LogP contribution in [0.2, 0.25) is 0 Å². The summed E-state index contributed by atoms with van der Waals surface area (Å²) >= 11 is 0. The number of ether oxygens (including phenoxy) is 1. The topological polar surface area (TPSA) is 64.4 Å². The van der Waals surface area contributed by atoms with Crippen LogP contribution >= 0.6 is 0 Å². The Labute approximate surface area is 110 Å². The van der Waals surface area contributed by atoms with Crippen LogP contribution in [-0.4, -0.2) is 30.7 Å². The van der Waals surface area contributed by atoms with Gasteiger partial charge in [0.1, 0.15) is 0 Å². The first kappa shape index (κ1) is 13.8. The fraction of sp³-hybridized carbons (Fsp3) is 0.929. The lowest BCUT2D eigenvalue weighted by Gasteiger charge is -2.61. The average molecular weight is 254 g/mol. The van der Waals surface area contributed by atoms with Crippen LogP contribution in [0.25, 0.3) is 0 Å².